The van der Waals surface area contributed by atoms with Crippen molar-refractivity contribution >= 4 is 11.9 Å². The van der Waals surface area contributed by atoms with E-state index in [4.69, 9.17) is 28.4 Å². The highest BCUT2D eigenvalue weighted by Gasteiger charge is 2.07. The van der Waals surface area contributed by atoms with Gasteiger partial charge in [-0.2, -0.15) is 0 Å². The van der Waals surface area contributed by atoms with Gasteiger partial charge in [-0.25, -0.2) is 4.79 Å². The molecule has 206 valence electrons. The Hall–Kier alpha value is -2.04. The average Bonchev–Trinajstić information content (AvgIpc) is 2.89. The minimum atomic E-state index is -0.274. The van der Waals surface area contributed by atoms with Crippen LogP contribution in [0.15, 0.2) is 24.3 Å². The third-order valence-electron chi connectivity index (χ3n) is 4.97. The van der Waals surface area contributed by atoms with Crippen molar-refractivity contribution in [2.75, 3.05) is 72.6 Å². The number of hydrogen-bond acceptors (Lipinski definition) is 9. The van der Waals surface area contributed by atoms with Crippen LogP contribution < -0.4 is 5.32 Å². The highest BCUT2D eigenvalue weighted by Crippen LogP contribution is 2.07. The van der Waals surface area contributed by atoms with Crippen LogP contribution in [-0.2, 0) is 39.8 Å². The van der Waals surface area contributed by atoms with E-state index in [-0.39, 0.29) is 18.4 Å². The van der Waals surface area contributed by atoms with Gasteiger partial charge in [-0.3, -0.25) is 4.79 Å². The summed E-state index contributed by atoms with van der Waals surface area (Å²) >= 11 is 0. The number of carbonyl (C=O) groups is 2. The first kappa shape index (κ1) is 32.0. The highest BCUT2D eigenvalue weighted by atomic mass is 16.6. The molecule has 0 aliphatic heterocycles. The van der Waals surface area contributed by atoms with Crippen molar-refractivity contribution in [2.24, 2.45) is 0 Å². The van der Waals surface area contributed by atoms with E-state index in [0.717, 1.165) is 31.2 Å². The number of esters is 2. The second kappa shape index (κ2) is 23.4. The zero-order valence-corrected chi connectivity index (χ0v) is 22.1. The Kier molecular flexibility index (Phi) is 20.8. The fourth-order valence-electron chi connectivity index (χ4n) is 2.90. The van der Waals surface area contributed by atoms with Gasteiger partial charge in [0.1, 0.15) is 0 Å². The molecule has 0 atom stereocenters. The van der Waals surface area contributed by atoms with Crippen molar-refractivity contribution in [1.29, 1.82) is 0 Å². The van der Waals surface area contributed by atoms with Crippen molar-refractivity contribution in [1.82, 2.24) is 5.32 Å². The zero-order chi connectivity index (χ0) is 26.1. The smallest absolute Gasteiger partial charge is 0.338 e. The van der Waals surface area contributed by atoms with Crippen molar-refractivity contribution < 1.29 is 38.0 Å². The summed E-state index contributed by atoms with van der Waals surface area (Å²) in [7, 11) is 0. The molecule has 0 fully saturated rings. The number of ether oxygens (including phenoxy) is 6. The topological polar surface area (TPSA) is 102 Å². The molecule has 0 spiro atoms. The van der Waals surface area contributed by atoms with Crippen LogP contribution in [-0.4, -0.2) is 84.6 Å². The largest absolute Gasteiger partial charge is 0.466 e. The van der Waals surface area contributed by atoms with Crippen LogP contribution >= 0.6 is 0 Å². The maximum absolute atomic E-state index is 12.0. The molecule has 0 saturated carbocycles. The molecule has 0 radical (unpaired) electrons. The Labute approximate surface area is 216 Å². The number of hydrogen-bond donors (Lipinski definition) is 1. The maximum atomic E-state index is 12.0. The van der Waals surface area contributed by atoms with Gasteiger partial charge >= 0.3 is 11.9 Å². The van der Waals surface area contributed by atoms with E-state index in [1.54, 1.807) is 6.07 Å². The molecular formula is C27H45NO8. The number of rotatable bonds is 24. The molecular weight excluding hydrogens is 466 g/mol. The first-order valence-electron chi connectivity index (χ1n) is 13.1. The summed E-state index contributed by atoms with van der Waals surface area (Å²) in [6.45, 7) is 10.2. The average molecular weight is 512 g/mol. The van der Waals surface area contributed by atoms with E-state index in [1.807, 2.05) is 18.2 Å². The predicted molar refractivity (Wildman–Crippen MR) is 137 cm³/mol. The van der Waals surface area contributed by atoms with Gasteiger partial charge in [0.05, 0.1) is 78.1 Å². The minimum Gasteiger partial charge on any atom is -0.466 e. The Bertz CT molecular complexity index is 685. The summed E-state index contributed by atoms with van der Waals surface area (Å²) in [6.07, 6.45) is 4.04. The first-order valence-corrected chi connectivity index (χ1v) is 13.1. The zero-order valence-electron chi connectivity index (χ0n) is 22.1. The summed E-state index contributed by atoms with van der Waals surface area (Å²) in [5.41, 5.74) is 1.61. The second-order valence-corrected chi connectivity index (χ2v) is 8.14. The molecule has 1 aromatic carbocycles. The minimum absolute atomic E-state index is 0.220. The molecule has 9 heteroatoms. The summed E-state index contributed by atoms with van der Waals surface area (Å²) in [5, 5.41) is 3.30. The molecule has 1 rings (SSSR count). The monoisotopic (exact) mass is 511 g/mol. The standard InChI is InChI=1S/C27H45NO8/c1-3-5-12-35-26(29)10-14-31-16-18-33-20-21-34-19-17-32-15-11-28-23-24-8-7-9-25(22-24)27(30)36-13-6-4-2/h7-9,22,28H,3-6,10-21,23H2,1-2H3. The van der Waals surface area contributed by atoms with Crippen molar-refractivity contribution in [3.63, 3.8) is 0 Å². The van der Waals surface area contributed by atoms with Gasteiger partial charge in [-0.1, -0.05) is 38.8 Å². The van der Waals surface area contributed by atoms with Gasteiger partial charge in [0, 0.05) is 13.1 Å². The maximum Gasteiger partial charge on any atom is 0.338 e. The van der Waals surface area contributed by atoms with Gasteiger partial charge in [-0.15, -0.1) is 0 Å². The molecule has 0 amide bonds. The van der Waals surface area contributed by atoms with Crippen LogP contribution in [0.3, 0.4) is 0 Å². The summed E-state index contributed by atoms with van der Waals surface area (Å²) < 4.78 is 32.1. The van der Waals surface area contributed by atoms with Gasteiger partial charge in [0.15, 0.2) is 0 Å². The lowest BCUT2D eigenvalue weighted by Gasteiger charge is -2.09. The predicted octanol–water partition coefficient (Wildman–Crippen LogP) is 3.53. The van der Waals surface area contributed by atoms with Crippen molar-refractivity contribution in [3.05, 3.63) is 35.4 Å². The molecule has 0 bridgehead atoms. The number of benzene rings is 1. The van der Waals surface area contributed by atoms with Crippen LogP contribution in [0.25, 0.3) is 0 Å². The number of carbonyl (C=O) groups excluding carboxylic acids is 2. The van der Waals surface area contributed by atoms with E-state index in [9.17, 15) is 9.59 Å². The third-order valence-corrected chi connectivity index (χ3v) is 4.97. The fourth-order valence-corrected chi connectivity index (χ4v) is 2.90. The molecule has 1 aromatic rings. The van der Waals surface area contributed by atoms with Crippen LogP contribution in [0, 0.1) is 0 Å². The molecule has 0 aromatic heterocycles. The summed E-state index contributed by atoms with van der Waals surface area (Å²) in [5.74, 6) is -0.494. The van der Waals surface area contributed by atoms with Crippen LogP contribution in [0.4, 0.5) is 0 Å². The lowest BCUT2D eigenvalue weighted by Crippen LogP contribution is -2.20. The highest BCUT2D eigenvalue weighted by molar-refractivity contribution is 5.89. The SMILES string of the molecule is CCCCOC(=O)CCOCCOCCOCCOCCNCc1cccc(C(=O)OCCCC)c1. The van der Waals surface area contributed by atoms with Crippen molar-refractivity contribution in [3.8, 4) is 0 Å². The Balaban J connectivity index is 1.87. The Morgan fingerprint density at radius 1 is 0.722 bits per heavy atom. The normalized spacial score (nSPS) is 10.9. The van der Waals surface area contributed by atoms with E-state index < -0.39 is 0 Å². The van der Waals surface area contributed by atoms with Crippen LogP contribution in [0.1, 0.15) is 61.9 Å². The van der Waals surface area contributed by atoms with E-state index >= 15 is 0 Å². The fraction of sp³-hybridized carbons (Fsp3) is 0.704. The molecule has 0 heterocycles. The van der Waals surface area contributed by atoms with Crippen LogP contribution in [0.5, 0.6) is 0 Å². The van der Waals surface area contributed by atoms with E-state index in [2.05, 4.69) is 19.2 Å². The molecule has 0 aliphatic carbocycles. The Morgan fingerprint density at radius 3 is 1.94 bits per heavy atom. The Morgan fingerprint density at radius 2 is 1.31 bits per heavy atom. The van der Waals surface area contributed by atoms with Gasteiger partial charge in [-0.05, 0) is 30.5 Å². The number of nitrogens with one attached hydrogen (secondary N) is 1. The number of unbranched alkanes of at least 4 members (excludes halogenated alkanes) is 2. The molecule has 1 N–H and O–H groups in total. The van der Waals surface area contributed by atoms with Crippen molar-refractivity contribution in [2.45, 2.75) is 52.5 Å². The molecule has 0 saturated heterocycles. The molecule has 9 nitrogen and oxygen atoms in total. The lowest BCUT2D eigenvalue weighted by molar-refractivity contribution is -0.145. The van der Waals surface area contributed by atoms with Gasteiger partial charge in [0.25, 0.3) is 0 Å². The molecule has 0 aliphatic rings. The van der Waals surface area contributed by atoms with Gasteiger partial charge in [0.2, 0.25) is 0 Å². The molecule has 0 unspecified atom stereocenters. The lowest BCUT2D eigenvalue weighted by atomic mass is 10.1. The van der Waals surface area contributed by atoms with E-state index in [1.165, 1.54) is 0 Å². The second-order valence-electron chi connectivity index (χ2n) is 8.14. The van der Waals surface area contributed by atoms with Crippen LogP contribution in [0.2, 0.25) is 0 Å². The molecule has 36 heavy (non-hydrogen) atoms. The quantitative estimate of drug-likeness (QED) is 0.165. The van der Waals surface area contributed by atoms with E-state index in [0.29, 0.717) is 84.7 Å². The summed E-state index contributed by atoms with van der Waals surface area (Å²) in [4.78, 5) is 23.4. The summed E-state index contributed by atoms with van der Waals surface area (Å²) in [6, 6.07) is 7.47. The third kappa shape index (κ3) is 18.3. The van der Waals surface area contributed by atoms with Gasteiger partial charge < -0.3 is 33.7 Å². The first-order chi connectivity index (χ1) is 17.7.